The zero-order valence-electron chi connectivity index (χ0n) is 8.07. The molecule has 1 heterocycles. The first kappa shape index (κ1) is 9.49. The van der Waals surface area contributed by atoms with Gasteiger partial charge in [-0.15, -0.1) is 0 Å². The normalized spacial score (nSPS) is 20.4. The Morgan fingerprint density at radius 3 is 2.64 bits per heavy atom. The van der Waals surface area contributed by atoms with E-state index >= 15 is 0 Å². The van der Waals surface area contributed by atoms with Crippen molar-refractivity contribution in [2.75, 3.05) is 13.2 Å². The van der Waals surface area contributed by atoms with Crippen LogP contribution in [-0.2, 0) is 11.3 Å². The van der Waals surface area contributed by atoms with Gasteiger partial charge in [0, 0.05) is 6.04 Å². The molecule has 3 heteroatoms. The van der Waals surface area contributed by atoms with Gasteiger partial charge in [-0.2, -0.15) is 0 Å². The molecule has 1 aliphatic rings. The van der Waals surface area contributed by atoms with Gasteiger partial charge in [0.05, 0.1) is 13.2 Å². The molecule has 0 aromatic heterocycles. The molecule has 0 aliphatic carbocycles. The average Bonchev–Trinajstić information content (AvgIpc) is 2.12. The Kier molecular flexibility index (Phi) is 3.01. The highest BCUT2D eigenvalue weighted by Crippen LogP contribution is 2.11. The molecule has 0 amide bonds. The van der Waals surface area contributed by atoms with Crippen molar-refractivity contribution in [2.24, 2.45) is 0 Å². The van der Waals surface area contributed by atoms with Crippen LogP contribution in [0.4, 0.5) is 0 Å². The van der Waals surface area contributed by atoms with Gasteiger partial charge in [-0.1, -0.05) is 12.1 Å². The summed E-state index contributed by atoms with van der Waals surface area (Å²) in [6.45, 7) is 2.52. The van der Waals surface area contributed by atoms with Crippen molar-refractivity contribution < 1.29 is 9.84 Å². The first-order valence-corrected chi connectivity index (χ1v) is 4.93. The third kappa shape index (κ3) is 2.47. The van der Waals surface area contributed by atoms with Gasteiger partial charge in [0.1, 0.15) is 5.75 Å². The quantitative estimate of drug-likeness (QED) is 0.756. The molecule has 0 bridgehead atoms. The molecule has 2 N–H and O–H groups in total. The van der Waals surface area contributed by atoms with Crippen LogP contribution in [0, 0.1) is 0 Å². The zero-order chi connectivity index (χ0) is 9.80. The van der Waals surface area contributed by atoms with E-state index in [1.165, 1.54) is 6.42 Å². The van der Waals surface area contributed by atoms with Crippen molar-refractivity contribution in [3.8, 4) is 5.75 Å². The Labute approximate surface area is 83.7 Å². The molecular weight excluding hydrogens is 178 g/mol. The van der Waals surface area contributed by atoms with Crippen LogP contribution in [0.25, 0.3) is 0 Å². The fraction of sp³-hybridized carbons (Fsp3) is 0.455. The molecule has 0 saturated carbocycles. The molecular formula is C11H15NO2. The van der Waals surface area contributed by atoms with Gasteiger partial charge in [0.15, 0.2) is 0 Å². The van der Waals surface area contributed by atoms with E-state index in [9.17, 15) is 0 Å². The number of benzene rings is 1. The van der Waals surface area contributed by atoms with E-state index in [-0.39, 0.29) is 0 Å². The number of phenols is 1. The molecule has 1 atom stereocenters. The standard InChI is InChI=1S/C11H15NO2/c13-11-3-1-9(2-4-11)7-14-8-10-5-6-12-10/h1-4,10,12-13H,5-8H2. The second-order valence-electron chi connectivity index (χ2n) is 3.62. The molecule has 1 unspecified atom stereocenters. The molecule has 0 radical (unpaired) electrons. The smallest absolute Gasteiger partial charge is 0.115 e. The summed E-state index contributed by atoms with van der Waals surface area (Å²) in [7, 11) is 0. The molecule has 1 saturated heterocycles. The molecule has 1 aliphatic heterocycles. The van der Waals surface area contributed by atoms with Crippen molar-refractivity contribution in [1.82, 2.24) is 5.32 Å². The van der Waals surface area contributed by atoms with Crippen LogP contribution in [0.2, 0.25) is 0 Å². The van der Waals surface area contributed by atoms with E-state index in [0.29, 0.717) is 18.4 Å². The van der Waals surface area contributed by atoms with E-state index in [0.717, 1.165) is 18.7 Å². The summed E-state index contributed by atoms with van der Waals surface area (Å²) in [6, 6.07) is 7.67. The second-order valence-corrected chi connectivity index (χ2v) is 3.62. The van der Waals surface area contributed by atoms with Crippen LogP contribution in [0.5, 0.6) is 5.75 Å². The van der Waals surface area contributed by atoms with E-state index in [2.05, 4.69) is 5.32 Å². The lowest BCUT2D eigenvalue weighted by atomic mass is 10.1. The van der Waals surface area contributed by atoms with Crippen LogP contribution >= 0.6 is 0 Å². The van der Waals surface area contributed by atoms with Gasteiger partial charge in [-0.25, -0.2) is 0 Å². The molecule has 1 fully saturated rings. The largest absolute Gasteiger partial charge is 0.508 e. The summed E-state index contributed by atoms with van der Waals surface area (Å²) in [5.41, 5.74) is 1.10. The Morgan fingerprint density at radius 2 is 2.07 bits per heavy atom. The lowest BCUT2D eigenvalue weighted by molar-refractivity contribution is 0.0807. The summed E-state index contributed by atoms with van der Waals surface area (Å²) in [5, 5.41) is 12.3. The van der Waals surface area contributed by atoms with Gasteiger partial charge in [0.2, 0.25) is 0 Å². The van der Waals surface area contributed by atoms with Crippen LogP contribution in [0.1, 0.15) is 12.0 Å². The van der Waals surface area contributed by atoms with Gasteiger partial charge in [-0.3, -0.25) is 0 Å². The summed E-state index contributed by atoms with van der Waals surface area (Å²) in [4.78, 5) is 0. The van der Waals surface area contributed by atoms with Gasteiger partial charge in [0.25, 0.3) is 0 Å². The van der Waals surface area contributed by atoms with E-state index in [1.54, 1.807) is 12.1 Å². The molecule has 0 spiro atoms. The predicted molar refractivity (Wildman–Crippen MR) is 54.2 cm³/mol. The number of ether oxygens (including phenoxy) is 1. The molecule has 76 valence electrons. The third-order valence-corrected chi connectivity index (χ3v) is 2.45. The minimum Gasteiger partial charge on any atom is -0.508 e. The molecule has 3 nitrogen and oxygen atoms in total. The summed E-state index contributed by atoms with van der Waals surface area (Å²) < 4.78 is 5.52. The van der Waals surface area contributed by atoms with Crippen molar-refractivity contribution in [3.63, 3.8) is 0 Å². The SMILES string of the molecule is Oc1ccc(COCC2CCN2)cc1. The van der Waals surface area contributed by atoms with Crippen molar-refractivity contribution >= 4 is 0 Å². The second kappa shape index (κ2) is 4.44. The highest BCUT2D eigenvalue weighted by Gasteiger charge is 2.15. The van der Waals surface area contributed by atoms with Gasteiger partial charge >= 0.3 is 0 Å². The zero-order valence-corrected chi connectivity index (χ0v) is 8.07. The monoisotopic (exact) mass is 193 g/mol. The maximum absolute atomic E-state index is 9.07. The lowest BCUT2D eigenvalue weighted by Gasteiger charge is -2.27. The lowest BCUT2D eigenvalue weighted by Crippen LogP contribution is -2.45. The highest BCUT2D eigenvalue weighted by atomic mass is 16.5. The molecule has 2 rings (SSSR count). The summed E-state index contributed by atoms with van der Waals surface area (Å²) in [5.74, 6) is 0.300. The number of aromatic hydroxyl groups is 1. The first-order chi connectivity index (χ1) is 6.84. The van der Waals surface area contributed by atoms with Crippen LogP contribution < -0.4 is 5.32 Å². The predicted octanol–water partition coefficient (Wildman–Crippen LogP) is 1.27. The van der Waals surface area contributed by atoms with Crippen LogP contribution in [0.15, 0.2) is 24.3 Å². The fourth-order valence-corrected chi connectivity index (χ4v) is 1.40. The van der Waals surface area contributed by atoms with Crippen LogP contribution in [-0.4, -0.2) is 24.3 Å². The minimum absolute atomic E-state index is 0.300. The summed E-state index contributed by atoms with van der Waals surface area (Å²) in [6.07, 6.45) is 1.22. The average molecular weight is 193 g/mol. The number of phenolic OH excluding ortho intramolecular Hbond substituents is 1. The number of hydrogen-bond acceptors (Lipinski definition) is 3. The Morgan fingerprint density at radius 1 is 1.36 bits per heavy atom. The number of hydrogen-bond donors (Lipinski definition) is 2. The molecule has 1 aromatic carbocycles. The van der Waals surface area contributed by atoms with E-state index < -0.39 is 0 Å². The van der Waals surface area contributed by atoms with Crippen molar-refractivity contribution in [2.45, 2.75) is 19.1 Å². The third-order valence-electron chi connectivity index (χ3n) is 2.45. The maximum atomic E-state index is 9.07. The van der Waals surface area contributed by atoms with Gasteiger partial charge < -0.3 is 15.2 Å². The van der Waals surface area contributed by atoms with Crippen molar-refractivity contribution in [3.05, 3.63) is 29.8 Å². The fourth-order valence-electron chi connectivity index (χ4n) is 1.40. The molecule has 14 heavy (non-hydrogen) atoms. The van der Waals surface area contributed by atoms with Gasteiger partial charge in [-0.05, 0) is 30.7 Å². The maximum Gasteiger partial charge on any atom is 0.115 e. The number of nitrogens with one attached hydrogen (secondary N) is 1. The Balaban J connectivity index is 1.71. The minimum atomic E-state index is 0.300. The highest BCUT2D eigenvalue weighted by molar-refractivity contribution is 5.25. The van der Waals surface area contributed by atoms with E-state index in [1.807, 2.05) is 12.1 Å². The van der Waals surface area contributed by atoms with Crippen molar-refractivity contribution in [1.29, 1.82) is 0 Å². The Bertz CT molecular complexity index is 280. The topological polar surface area (TPSA) is 41.5 Å². The van der Waals surface area contributed by atoms with Crippen LogP contribution in [0.3, 0.4) is 0 Å². The van der Waals surface area contributed by atoms with E-state index in [4.69, 9.17) is 9.84 Å². The summed E-state index contributed by atoms with van der Waals surface area (Å²) >= 11 is 0. The molecule has 1 aromatic rings. The number of rotatable bonds is 4. The first-order valence-electron chi connectivity index (χ1n) is 4.93. The Hall–Kier alpha value is -1.06.